The molecule has 4 rings (SSSR count). The Balaban J connectivity index is 2.09. The maximum Gasteiger partial charge on any atom is 0.212 e. The largest absolute Gasteiger partial charge is 0.320 e. The fraction of sp³-hybridized carbons (Fsp3) is 0.227. The molecule has 0 saturated carbocycles. The van der Waals surface area contributed by atoms with E-state index in [2.05, 4.69) is 92.5 Å². The van der Waals surface area contributed by atoms with Gasteiger partial charge in [0.05, 0.1) is 5.52 Å². The Kier molecular flexibility index (Phi) is 3.24. The Morgan fingerprint density at radius 2 is 1.62 bits per heavy atom. The van der Waals surface area contributed by atoms with Crippen LogP contribution in [0.1, 0.15) is 22.4 Å². The highest BCUT2D eigenvalue weighted by Crippen LogP contribution is 2.33. The van der Waals surface area contributed by atoms with Crippen LogP contribution in [0.2, 0.25) is 0 Å². The summed E-state index contributed by atoms with van der Waals surface area (Å²) in [6.07, 6.45) is 4.37. The van der Waals surface area contributed by atoms with Gasteiger partial charge in [-0.05, 0) is 63.1 Å². The predicted octanol–water partition coefficient (Wildman–Crippen LogP) is 4.82. The van der Waals surface area contributed by atoms with Crippen molar-refractivity contribution in [3.63, 3.8) is 0 Å². The molecule has 0 aliphatic heterocycles. The van der Waals surface area contributed by atoms with Gasteiger partial charge in [0.15, 0.2) is 6.20 Å². The van der Waals surface area contributed by atoms with Crippen molar-refractivity contribution in [3.8, 4) is 11.3 Å². The van der Waals surface area contributed by atoms with Crippen LogP contribution in [-0.2, 0) is 7.05 Å². The number of fused-ring (bicyclic) bond motifs is 3. The minimum atomic E-state index is 1.27. The van der Waals surface area contributed by atoms with Crippen LogP contribution in [0.15, 0.2) is 48.8 Å². The number of nitrogens with zero attached hydrogens (tertiary/aromatic N) is 2. The van der Waals surface area contributed by atoms with Crippen LogP contribution in [-0.4, -0.2) is 4.40 Å². The molecule has 3 aromatic heterocycles. The maximum atomic E-state index is 2.36. The summed E-state index contributed by atoms with van der Waals surface area (Å²) in [6, 6.07) is 13.4. The van der Waals surface area contributed by atoms with E-state index < -0.39 is 0 Å². The third kappa shape index (κ3) is 2.06. The number of aryl methyl sites for hydroxylation is 5. The van der Waals surface area contributed by atoms with Gasteiger partial charge in [0.1, 0.15) is 7.05 Å². The lowest BCUT2D eigenvalue weighted by atomic mass is 9.98. The molecule has 0 N–H and O–H groups in total. The summed E-state index contributed by atoms with van der Waals surface area (Å²) in [5, 5.41) is 2.67. The van der Waals surface area contributed by atoms with Crippen LogP contribution in [0.4, 0.5) is 0 Å². The van der Waals surface area contributed by atoms with Gasteiger partial charge < -0.3 is 4.40 Å². The third-order valence-corrected chi connectivity index (χ3v) is 5.27. The molecule has 0 amide bonds. The van der Waals surface area contributed by atoms with E-state index in [0.717, 1.165) is 0 Å². The summed E-state index contributed by atoms with van der Waals surface area (Å²) in [5.74, 6) is 0. The van der Waals surface area contributed by atoms with Crippen LogP contribution in [0.3, 0.4) is 0 Å². The van der Waals surface area contributed by atoms with Crippen LogP contribution >= 0.6 is 0 Å². The molecule has 4 aromatic rings. The molecular weight excluding hydrogens is 292 g/mol. The smallest absolute Gasteiger partial charge is 0.212 e. The van der Waals surface area contributed by atoms with E-state index in [1.165, 1.54) is 49.9 Å². The van der Waals surface area contributed by atoms with Crippen LogP contribution in [0.5, 0.6) is 0 Å². The first-order valence-corrected chi connectivity index (χ1v) is 8.44. The van der Waals surface area contributed by atoms with E-state index in [0.29, 0.717) is 0 Å². The minimum absolute atomic E-state index is 1.27. The molecule has 3 heterocycles. The van der Waals surface area contributed by atoms with Crippen LogP contribution in [0, 0.1) is 27.7 Å². The summed E-state index contributed by atoms with van der Waals surface area (Å²) in [6.45, 7) is 8.76. The zero-order valence-corrected chi connectivity index (χ0v) is 15.0. The van der Waals surface area contributed by atoms with Crippen molar-refractivity contribution in [3.05, 3.63) is 71.2 Å². The van der Waals surface area contributed by atoms with Gasteiger partial charge in [0.25, 0.3) is 0 Å². The normalized spacial score (nSPS) is 11.5. The summed E-state index contributed by atoms with van der Waals surface area (Å²) in [5.41, 5.74) is 9.14. The summed E-state index contributed by atoms with van der Waals surface area (Å²) in [4.78, 5) is 0. The van der Waals surface area contributed by atoms with E-state index >= 15 is 0 Å². The molecule has 2 nitrogen and oxygen atoms in total. The van der Waals surface area contributed by atoms with Crippen molar-refractivity contribution < 1.29 is 4.57 Å². The average Bonchev–Trinajstić information content (AvgIpc) is 2.83. The highest BCUT2D eigenvalue weighted by Gasteiger charge is 2.17. The predicted molar refractivity (Wildman–Crippen MR) is 100 cm³/mol. The molecular formula is C22H23N2+. The number of aromatic nitrogens is 2. The molecule has 0 bridgehead atoms. The van der Waals surface area contributed by atoms with Crippen LogP contribution < -0.4 is 4.57 Å². The fourth-order valence-electron chi connectivity index (χ4n) is 3.73. The van der Waals surface area contributed by atoms with Crippen molar-refractivity contribution in [2.45, 2.75) is 27.7 Å². The first kappa shape index (κ1) is 14.9. The maximum absolute atomic E-state index is 2.36. The summed E-state index contributed by atoms with van der Waals surface area (Å²) >= 11 is 0. The number of hydrogen-bond acceptors (Lipinski definition) is 0. The molecule has 0 atom stereocenters. The van der Waals surface area contributed by atoms with Crippen molar-refractivity contribution in [1.29, 1.82) is 0 Å². The second-order valence-electron chi connectivity index (χ2n) is 6.89. The molecule has 0 aliphatic carbocycles. The minimum Gasteiger partial charge on any atom is -0.320 e. The van der Waals surface area contributed by atoms with Gasteiger partial charge in [0, 0.05) is 39.9 Å². The number of rotatable bonds is 1. The lowest BCUT2D eigenvalue weighted by Crippen LogP contribution is -2.31. The molecule has 1 aromatic carbocycles. The van der Waals surface area contributed by atoms with Crippen molar-refractivity contribution in [2.75, 3.05) is 0 Å². The highest BCUT2D eigenvalue weighted by atomic mass is 14.9. The lowest BCUT2D eigenvalue weighted by molar-refractivity contribution is -0.660. The second kappa shape index (κ2) is 5.20. The topological polar surface area (TPSA) is 8.29 Å². The highest BCUT2D eigenvalue weighted by molar-refractivity contribution is 6.02. The SMILES string of the molecule is Cc1cc(-c2cc3c(cc2C)c(C)n2ccccc32)[n+](C)cc1C. The van der Waals surface area contributed by atoms with Gasteiger partial charge in [0.2, 0.25) is 5.69 Å². The number of hydrogen-bond donors (Lipinski definition) is 0. The average molecular weight is 315 g/mol. The Labute approximate surface area is 143 Å². The number of pyridine rings is 2. The van der Waals surface area contributed by atoms with E-state index in [1.54, 1.807) is 0 Å². The Morgan fingerprint density at radius 3 is 2.42 bits per heavy atom. The third-order valence-electron chi connectivity index (χ3n) is 5.27. The zero-order valence-electron chi connectivity index (χ0n) is 15.0. The zero-order chi connectivity index (χ0) is 17.0. The molecule has 24 heavy (non-hydrogen) atoms. The molecule has 0 fully saturated rings. The Morgan fingerprint density at radius 1 is 0.833 bits per heavy atom. The first-order chi connectivity index (χ1) is 11.5. The Bertz CT molecular complexity index is 1100. The molecule has 2 heteroatoms. The van der Waals surface area contributed by atoms with E-state index in [9.17, 15) is 0 Å². The summed E-state index contributed by atoms with van der Waals surface area (Å²) in [7, 11) is 2.13. The van der Waals surface area contributed by atoms with E-state index in [1.807, 2.05) is 0 Å². The number of benzene rings is 1. The molecule has 120 valence electrons. The van der Waals surface area contributed by atoms with Gasteiger partial charge in [-0.1, -0.05) is 6.07 Å². The van der Waals surface area contributed by atoms with Gasteiger partial charge in [-0.25, -0.2) is 4.57 Å². The second-order valence-corrected chi connectivity index (χ2v) is 6.89. The standard InChI is InChI=1S/C22H23N2/c1-14-11-22(23(5)13-16(14)3)18-12-20-19(10-15(18)2)17(4)24-9-7-6-8-21(20)24/h6-13H,1-5H3/q+1. The quantitative estimate of drug-likeness (QED) is 0.445. The van der Waals surface area contributed by atoms with E-state index in [4.69, 9.17) is 0 Å². The van der Waals surface area contributed by atoms with Gasteiger partial charge >= 0.3 is 0 Å². The lowest BCUT2D eigenvalue weighted by Gasteiger charge is -2.08. The van der Waals surface area contributed by atoms with Crippen LogP contribution in [0.25, 0.3) is 27.5 Å². The molecule has 0 aliphatic rings. The first-order valence-electron chi connectivity index (χ1n) is 8.44. The molecule has 0 spiro atoms. The Hall–Kier alpha value is -2.61. The van der Waals surface area contributed by atoms with Gasteiger partial charge in [-0.2, -0.15) is 0 Å². The molecule has 0 unspecified atom stereocenters. The van der Waals surface area contributed by atoms with Crippen molar-refractivity contribution >= 4 is 16.3 Å². The van der Waals surface area contributed by atoms with Gasteiger partial charge in [-0.3, -0.25) is 0 Å². The molecule has 0 saturated heterocycles. The van der Waals surface area contributed by atoms with Crippen molar-refractivity contribution in [2.24, 2.45) is 7.05 Å². The monoisotopic (exact) mass is 315 g/mol. The van der Waals surface area contributed by atoms with Gasteiger partial charge in [-0.15, -0.1) is 0 Å². The fourth-order valence-corrected chi connectivity index (χ4v) is 3.73. The van der Waals surface area contributed by atoms with Crippen molar-refractivity contribution in [1.82, 2.24) is 4.40 Å². The summed E-state index contributed by atoms with van der Waals surface area (Å²) < 4.78 is 4.52. The van der Waals surface area contributed by atoms with E-state index in [-0.39, 0.29) is 0 Å². The molecule has 0 radical (unpaired) electrons.